The average Bonchev–Trinajstić information content (AvgIpc) is 3.40. The molecule has 1 fully saturated rings. The number of amides is 1. The Morgan fingerprint density at radius 3 is 2.45 bits per heavy atom. The average molecular weight is 438 g/mol. The zero-order chi connectivity index (χ0) is 22.1. The van der Waals surface area contributed by atoms with Crippen LogP contribution in [0.5, 0.6) is 0 Å². The van der Waals surface area contributed by atoms with Crippen LogP contribution in [0.15, 0.2) is 76.9 Å². The molecule has 0 saturated carbocycles. The fourth-order valence-electron chi connectivity index (χ4n) is 3.48. The van der Waals surface area contributed by atoms with Crippen molar-refractivity contribution >= 4 is 40.7 Å². The van der Waals surface area contributed by atoms with Crippen LogP contribution in [-0.4, -0.2) is 29.9 Å². The van der Waals surface area contributed by atoms with E-state index in [1.807, 2.05) is 0 Å². The minimum Gasteiger partial charge on any atom is -0.507 e. The quantitative estimate of drug-likeness (QED) is 0.282. The molecule has 1 aromatic heterocycles. The number of hydrogen-bond donors (Lipinski definition) is 1. The minimum atomic E-state index is -1.03. The molecule has 156 valence electrons. The molecule has 1 aliphatic heterocycles. The van der Waals surface area contributed by atoms with Crippen molar-refractivity contribution in [2.75, 3.05) is 12.0 Å². The van der Waals surface area contributed by atoms with Crippen molar-refractivity contribution in [3.63, 3.8) is 0 Å². The van der Waals surface area contributed by atoms with E-state index >= 15 is 0 Å². The van der Waals surface area contributed by atoms with E-state index in [9.17, 15) is 19.5 Å². The molecule has 3 aromatic rings. The number of benzene rings is 2. The monoisotopic (exact) mass is 437 g/mol. The molecular weight excluding hydrogens is 422 g/mol. The molecule has 4 rings (SSSR count). The Kier molecular flexibility index (Phi) is 5.35. The summed E-state index contributed by atoms with van der Waals surface area (Å²) in [5.41, 5.74) is 0.673. The maximum absolute atomic E-state index is 13.0. The van der Waals surface area contributed by atoms with Gasteiger partial charge in [0.2, 0.25) is 0 Å². The zero-order valence-corrected chi connectivity index (χ0v) is 17.0. The number of rotatable bonds is 4. The smallest absolute Gasteiger partial charge is 0.337 e. The van der Waals surface area contributed by atoms with Gasteiger partial charge in [-0.15, -0.1) is 0 Å². The number of esters is 1. The number of aliphatic hydroxyl groups excluding tert-OH is 1. The second-order valence-corrected chi connectivity index (χ2v) is 7.17. The number of nitrogens with zero attached hydrogens (tertiary/aromatic N) is 1. The molecule has 1 unspecified atom stereocenters. The van der Waals surface area contributed by atoms with Crippen molar-refractivity contribution in [3.8, 4) is 0 Å². The number of halogens is 1. The number of aliphatic hydroxyl groups is 1. The van der Waals surface area contributed by atoms with Gasteiger partial charge < -0.3 is 14.3 Å². The maximum atomic E-state index is 13.0. The fraction of sp³-hybridized carbons (Fsp3) is 0.0870. The highest BCUT2D eigenvalue weighted by atomic mass is 35.5. The third-order valence-corrected chi connectivity index (χ3v) is 5.17. The third kappa shape index (κ3) is 3.60. The second-order valence-electron chi connectivity index (χ2n) is 6.73. The number of ether oxygens (including phenoxy) is 1. The highest BCUT2D eigenvalue weighted by Gasteiger charge is 2.48. The molecule has 1 N–H and O–H groups in total. The predicted octanol–water partition coefficient (Wildman–Crippen LogP) is 4.35. The molecular formula is C23H16ClNO6. The molecule has 0 bridgehead atoms. The van der Waals surface area contributed by atoms with E-state index in [1.54, 1.807) is 48.5 Å². The largest absolute Gasteiger partial charge is 0.507 e. The van der Waals surface area contributed by atoms with Crippen LogP contribution >= 0.6 is 11.6 Å². The summed E-state index contributed by atoms with van der Waals surface area (Å²) in [6.45, 7) is 0. The van der Waals surface area contributed by atoms with Gasteiger partial charge in [0.25, 0.3) is 11.7 Å². The summed E-state index contributed by atoms with van der Waals surface area (Å²) in [4.78, 5) is 39.1. The van der Waals surface area contributed by atoms with Crippen molar-refractivity contribution in [2.24, 2.45) is 0 Å². The van der Waals surface area contributed by atoms with Crippen LogP contribution < -0.4 is 4.90 Å². The summed E-state index contributed by atoms with van der Waals surface area (Å²) in [6.07, 6.45) is 1.41. The molecule has 2 aromatic carbocycles. The Morgan fingerprint density at radius 2 is 1.81 bits per heavy atom. The Bertz CT molecular complexity index is 1200. The number of anilines is 1. The van der Waals surface area contributed by atoms with Crippen LogP contribution in [0.3, 0.4) is 0 Å². The Hall–Kier alpha value is -3.84. The lowest BCUT2D eigenvalue weighted by Crippen LogP contribution is -2.29. The lowest BCUT2D eigenvalue weighted by Gasteiger charge is -2.23. The summed E-state index contributed by atoms with van der Waals surface area (Å²) >= 11 is 5.91. The van der Waals surface area contributed by atoms with Crippen LogP contribution in [0.2, 0.25) is 5.02 Å². The summed E-state index contributed by atoms with van der Waals surface area (Å²) in [5, 5.41) is 11.4. The first kappa shape index (κ1) is 20.4. The van der Waals surface area contributed by atoms with Gasteiger partial charge in [-0.3, -0.25) is 14.5 Å². The minimum absolute atomic E-state index is 0.134. The first-order valence-corrected chi connectivity index (χ1v) is 9.59. The van der Waals surface area contributed by atoms with Gasteiger partial charge in [-0.05, 0) is 54.6 Å². The van der Waals surface area contributed by atoms with Gasteiger partial charge >= 0.3 is 5.97 Å². The highest BCUT2D eigenvalue weighted by Crippen LogP contribution is 2.42. The molecule has 8 heteroatoms. The molecule has 1 amide bonds. The molecule has 1 atom stereocenters. The normalized spacial score (nSPS) is 17.7. The highest BCUT2D eigenvalue weighted by molar-refractivity contribution is 6.51. The van der Waals surface area contributed by atoms with Crippen molar-refractivity contribution in [1.29, 1.82) is 0 Å². The van der Waals surface area contributed by atoms with Gasteiger partial charge in [0.05, 0.1) is 24.5 Å². The molecule has 2 heterocycles. The van der Waals surface area contributed by atoms with E-state index < -0.39 is 23.7 Å². The molecule has 1 aliphatic rings. The number of furan rings is 1. The summed E-state index contributed by atoms with van der Waals surface area (Å²) in [6, 6.07) is 14.5. The summed E-state index contributed by atoms with van der Waals surface area (Å²) < 4.78 is 10.2. The van der Waals surface area contributed by atoms with E-state index in [0.717, 1.165) is 0 Å². The molecule has 0 aliphatic carbocycles. The van der Waals surface area contributed by atoms with E-state index in [1.165, 1.54) is 30.4 Å². The van der Waals surface area contributed by atoms with Crippen molar-refractivity contribution < 1.29 is 28.6 Å². The zero-order valence-electron chi connectivity index (χ0n) is 16.2. The lowest BCUT2D eigenvalue weighted by atomic mass is 9.99. The SMILES string of the molecule is COC(=O)c1cccc(N2C(=O)C(=O)/C(=C(\O)c3ccc(Cl)cc3)C2c2ccco2)c1. The van der Waals surface area contributed by atoms with Gasteiger partial charge in [-0.25, -0.2) is 4.79 Å². The molecule has 31 heavy (non-hydrogen) atoms. The Balaban J connectivity index is 1.90. The number of methoxy groups -OCH3 is 1. The Labute approximate surface area is 182 Å². The van der Waals surface area contributed by atoms with E-state index in [4.69, 9.17) is 20.8 Å². The van der Waals surface area contributed by atoms with Gasteiger partial charge in [-0.1, -0.05) is 17.7 Å². The number of Topliss-reactive ketones (excluding diaryl/α,β-unsaturated/α-hetero) is 1. The number of ketones is 1. The Morgan fingerprint density at radius 1 is 1.06 bits per heavy atom. The fourth-order valence-corrected chi connectivity index (χ4v) is 3.60. The van der Waals surface area contributed by atoms with Crippen molar-refractivity contribution in [3.05, 3.63) is 94.4 Å². The maximum Gasteiger partial charge on any atom is 0.337 e. The molecule has 1 saturated heterocycles. The topological polar surface area (TPSA) is 97.0 Å². The first-order valence-electron chi connectivity index (χ1n) is 9.21. The standard InChI is InChI=1S/C23H16ClNO6/c1-30-23(29)14-4-2-5-16(12-14)25-19(17-6-3-11-31-17)18(21(27)22(25)28)20(26)13-7-9-15(24)10-8-13/h2-12,19,26H,1H3/b20-18-. The number of hydrogen-bond acceptors (Lipinski definition) is 6. The van der Waals surface area contributed by atoms with Crippen LogP contribution in [-0.2, 0) is 14.3 Å². The predicted molar refractivity (Wildman–Crippen MR) is 113 cm³/mol. The third-order valence-electron chi connectivity index (χ3n) is 4.92. The van der Waals surface area contributed by atoms with Gasteiger partial charge in [0.15, 0.2) is 0 Å². The van der Waals surface area contributed by atoms with Crippen LogP contribution in [0.1, 0.15) is 27.7 Å². The van der Waals surface area contributed by atoms with Crippen molar-refractivity contribution in [1.82, 2.24) is 0 Å². The van der Waals surface area contributed by atoms with E-state index in [2.05, 4.69) is 0 Å². The van der Waals surface area contributed by atoms with Gasteiger partial charge in [0.1, 0.15) is 17.6 Å². The second kappa shape index (κ2) is 8.12. The first-order chi connectivity index (χ1) is 14.9. The van der Waals surface area contributed by atoms with Crippen LogP contribution in [0.4, 0.5) is 5.69 Å². The van der Waals surface area contributed by atoms with Gasteiger partial charge in [-0.2, -0.15) is 0 Å². The van der Waals surface area contributed by atoms with Crippen LogP contribution in [0, 0.1) is 0 Å². The van der Waals surface area contributed by atoms with Crippen LogP contribution in [0.25, 0.3) is 5.76 Å². The van der Waals surface area contributed by atoms with Crippen molar-refractivity contribution in [2.45, 2.75) is 6.04 Å². The summed E-state index contributed by atoms with van der Waals surface area (Å²) in [7, 11) is 1.25. The molecule has 0 spiro atoms. The molecule has 0 radical (unpaired) electrons. The number of carbonyl (C=O) groups excluding carboxylic acids is 3. The van der Waals surface area contributed by atoms with E-state index in [0.29, 0.717) is 10.6 Å². The molecule has 7 nitrogen and oxygen atoms in total. The van der Waals surface area contributed by atoms with E-state index in [-0.39, 0.29) is 28.3 Å². The lowest BCUT2D eigenvalue weighted by molar-refractivity contribution is -0.132. The summed E-state index contributed by atoms with van der Waals surface area (Å²) in [5.74, 6) is -2.41. The van der Waals surface area contributed by atoms with Gasteiger partial charge in [0, 0.05) is 16.3 Å². The number of carbonyl (C=O) groups is 3.